The zero-order valence-electron chi connectivity index (χ0n) is 10.8. The zero-order valence-corrected chi connectivity index (χ0v) is 10.8. The second-order valence-corrected chi connectivity index (χ2v) is 4.46. The van der Waals surface area contributed by atoms with Gasteiger partial charge in [-0.15, -0.1) is 0 Å². The lowest BCUT2D eigenvalue weighted by Crippen LogP contribution is -2.15. The van der Waals surface area contributed by atoms with Crippen molar-refractivity contribution in [3.05, 3.63) is 11.6 Å². The van der Waals surface area contributed by atoms with E-state index in [0.29, 0.717) is 19.1 Å². The van der Waals surface area contributed by atoms with Crippen LogP contribution in [0.4, 0.5) is 0 Å². The third-order valence-electron chi connectivity index (χ3n) is 3.19. The van der Waals surface area contributed by atoms with Crippen molar-refractivity contribution in [2.75, 3.05) is 33.5 Å². The van der Waals surface area contributed by atoms with Crippen LogP contribution in [0.3, 0.4) is 0 Å². The first kappa shape index (κ1) is 13.5. The van der Waals surface area contributed by atoms with Crippen molar-refractivity contribution in [2.24, 2.45) is 0 Å². The topological polar surface area (TPSA) is 69.4 Å². The molecule has 1 saturated heterocycles. The molecule has 1 N–H and O–H groups in total. The maximum Gasteiger partial charge on any atom is 0.154 e. The fraction of sp³-hybridized carbons (Fsp3) is 0.833. The molecule has 1 aliphatic rings. The predicted octanol–water partition coefficient (Wildman–Crippen LogP) is 0.353. The molecule has 0 aromatic carbocycles. The number of methoxy groups -OCH3 is 1. The molecule has 0 radical (unpaired) electrons. The van der Waals surface area contributed by atoms with Crippen molar-refractivity contribution in [1.29, 1.82) is 0 Å². The fourth-order valence-electron chi connectivity index (χ4n) is 2.17. The SMILES string of the molecule is COCCc1nc(C2CCOCC2)nn1CCO. The Bertz CT molecular complexity index is 361. The molecule has 0 atom stereocenters. The van der Waals surface area contributed by atoms with Crippen LogP contribution in [0.1, 0.15) is 30.4 Å². The molecule has 0 unspecified atom stereocenters. The molecule has 18 heavy (non-hydrogen) atoms. The van der Waals surface area contributed by atoms with E-state index >= 15 is 0 Å². The minimum Gasteiger partial charge on any atom is -0.394 e. The zero-order chi connectivity index (χ0) is 12.8. The normalized spacial score (nSPS) is 17.2. The quantitative estimate of drug-likeness (QED) is 0.794. The van der Waals surface area contributed by atoms with Crippen LogP contribution in [0, 0.1) is 0 Å². The van der Waals surface area contributed by atoms with E-state index in [9.17, 15) is 0 Å². The van der Waals surface area contributed by atoms with Gasteiger partial charge in [-0.3, -0.25) is 0 Å². The van der Waals surface area contributed by atoms with E-state index in [1.165, 1.54) is 0 Å². The number of ether oxygens (including phenoxy) is 2. The van der Waals surface area contributed by atoms with Crippen LogP contribution in [-0.2, 0) is 22.4 Å². The maximum absolute atomic E-state index is 9.05. The molecule has 0 spiro atoms. The van der Waals surface area contributed by atoms with Gasteiger partial charge in [0.2, 0.25) is 0 Å². The van der Waals surface area contributed by atoms with Crippen LogP contribution in [-0.4, -0.2) is 53.4 Å². The summed E-state index contributed by atoms with van der Waals surface area (Å²) in [7, 11) is 1.67. The van der Waals surface area contributed by atoms with Gasteiger partial charge in [-0.2, -0.15) is 5.10 Å². The highest BCUT2D eigenvalue weighted by Gasteiger charge is 2.21. The molecule has 2 rings (SSSR count). The average Bonchev–Trinajstić information content (AvgIpc) is 2.81. The minimum atomic E-state index is 0.0799. The summed E-state index contributed by atoms with van der Waals surface area (Å²) in [5.74, 6) is 2.17. The summed E-state index contributed by atoms with van der Waals surface area (Å²) in [6, 6.07) is 0. The van der Waals surface area contributed by atoms with E-state index in [-0.39, 0.29) is 6.61 Å². The number of aromatic nitrogens is 3. The molecule has 0 saturated carbocycles. The van der Waals surface area contributed by atoms with E-state index in [0.717, 1.165) is 44.1 Å². The molecule has 6 heteroatoms. The van der Waals surface area contributed by atoms with Crippen molar-refractivity contribution in [3.63, 3.8) is 0 Å². The number of aliphatic hydroxyl groups is 1. The number of aliphatic hydroxyl groups excluding tert-OH is 1. The number of nitrogens with zero attached hydrogens (tertiary/aromatic N) is 3. The molecule has 0 bridgehead atoms. The largest absolute Gasteiger partial charge is 0.394 e. The van der Waals surface area contributed by atoms with Crippen molar-refractivity contribution >= 4 is 0 Å². The van der Waals surface area contributed by atoms with Gasteiger partial charge in [0.1, 0.15) is 5.82 Å². The van der Waals surface area contributed by atoms with Crippen LogP contribution in [0.25, 0.3) is 0 Å². The first-order chi connectivity index (χ1) is 8.85. The van der Waals surface area contributed by atoms with E-state index < -0.39 is 0 Å². The number of hydrogen-bond donors (Lipinski definition) is 1. The van der Waals surface area contributed by atoms with Crippen LogP contribution >= 0.6 is 0 Å². The fourth-order valence-corrected chi connectivity index (χ4v) is 2.17. The van der Waals surface area contributed by atoms with E-state index in [1.54, 1.807) is 11.8 Å². The molecule has 1 aliphatic heterocycles. The minimum absolute atomic E-state index is 0.0799. The lowest BCUT2D eigenvalue weighted by molar-refractivity contribution is 0.0835. The summed E-state index contributed by atoms with van der Waals surface area (Å²) in [5, 5.41) is 13.6. The lowest BCUT2D eigenvalue weighted by Gasteiger charge is -2.18. The summed E-state index contributed by atoms with van der Waals surface area (Å²) in [5.41, 5.74) is 0. The van der Waals surface area contributed by atoms with Crippen molar-refractivity contribution in [2.45, 2.75) is 31.7 Å². The highest BCUT2D eigenvalue weighted by molar-refractivity contribution is 5.01. The Labute approximate surface area is 107 Å². The van der Waals surface area contributed by atoms with Crippen LogP contribution < -0.4 is 0 Å². The van der Waals surface area contributed by atoms with Crippen molar-refractivity contribution in [3.8, 4) is 0 Å². The van der Waals surface area contributed by atoms with Gasteiger partial charge >= 0.3 is 0 Å². The maximum atomic E-state index is 9.05. The summed E-state index contributed by atoms with van der Waals surface area (Å²) >= 11 is 0. The molecule has 102 valence electrons. The average molecular weight is 255 g/mol. The number of rotatable bonds is 6. The molecule has 1 aromatic rings. The first-order valence-corrected chi connectivity index (χ1v) is 6.46. The second-order valence-electron chi connectivity index (χ2n) is 4.46. The highest BCUT2D eigenvalue weighted by atomic mass is 16.5. The summed E-state index contributed by atoms with van der Waals surface area (Å²) in [6.07, 6.45) is 2.69. The Morgan fingerprint density at radius 3 is 2.89 bits per heavy atom. The van der Waals surface area contributed by atoms with Gasteiger partial charge in [0.15, 0.2) is 5.82 Å². The Morgan fingerprint density at radius 1 is 1.44 bits per heavy atom. The molecular weight excluding hydrogens is 234 g/mol. The Balaban J connectivity index is 2.09. The highest BCUT2D eigenvalue weighted by Crippen LogP contribution is 2.24. The van der Waals surface area contributed by atoms with Gasteiger partial charge in [-0.1, -0.05) is 0 Å². The molecule has 2 heterocycles. The Kier molecular flexibility index (Phi) is 5.10. The molecule has 0 aliphatic carbocycles. The second kappa shape index (κ2) is 6.82. The van der Waals surface area contributed by atoms with Gasteiger partial charge in [-0.25, -0.2) is 9.67 Å². The van der Waals surface area contributed by atoms with Gasteiger partial charge in [0, 0.05) is 32.7 Å². The molecule has 1 aromatic heterocycles. The van der Waals surface area contributed by atoms with E-state index in [1.807, 2.05) is 0 Å². The summed E-state index contributed by atoms with van der Waals surface area (Å²) < 4.78 is 12.2. The monoisotopic (exact) mass is 255 g/mol. The van der Waals surface area contributed by atoms with Crippen molar-refractivity contribution in [1.82, 2.24) is 14.8 Å². The summed E-state index contributed by atoms with van der Waals surface area (Å²) in [6.45, 7) is 2.77. The summed E-state index contributed by atoms with van der Waals surface area (Å²) in [4.78, 5) is 4.60. The molecule has 6 nitrogen and oxygen atoms in total. The Hall–Kier alpha value is -0.980. The van der Waals surface area contributed by atoms with Gasteiger partial charge < -0.3 is 14.6 Å². The molecular formula is C12H21N3O3. The third kappa shape index (κ3) is 3.28. The standard InChI is InChI=1S/C12H21N3O3/c1-17-7-4-11-13-12(14-15(11)5-6-16)10-2-8-18-9-3-10/h10,16H,2-9H2,1H3. The van der Waals surface area contributed by atoms with Crippen LogP contribution in [0.15, 0.2) is 0 Å². The van der Waals surface area contributed by atoms with Crippen LogP contribution in [0.5, 0.6) is 0 Å². The van der Waals surface area contributed by atoms with E-state index in [4.69, 9.17) is 14.6 Å². The predicted molar refractivity (Wildman–Crippen MR) is 65.5 cm³/mol. The van der Waals surface area contributed by atoms with Gasteiger partial charge in [0.05, 0.1) is 19.8 Å². The van der Waals surface area contributed by atoms with E-state index in [2.05, 4.69) is 10.1 Å². The van der Waals surface area contributed by atoms with Gasteiger partial charge in [-0.05, 0) is 12.8 Å². The smallest absolute Gasteiger partial charge is 0.154 e. The lowest BCUT2D eigenvalue weighted by atomic mass is 10.00. The number of hydrogen-bond acceptors (Lipinski definition) is 5. The van der Waals surface area contributed by atoms with Crippen LogP contribution in [0.2, 0.25) is 0 Å². The molecule has 0 amide bonds. The Morgan fingerprint density at radius 2 is 2.22 bits per heavy atom. The third-order valence-corrected chi connectivity index (χ3v) is 3.19. The molecule has 1 fully saturated rings. The first-order valence-electron chi connectivity index (χ1n) is 6.46. The van der Waals surface area contributed by atoms with Gasteiger partial charge in [0.25, 0.3) is 0 Å². The van der Waals surface area contributed by atoms with Crippen molar-refractivity contribution < 1.29 is 14.6 Å².